The van der Waals surface area contributed by atoms with Crippen LogP contribution in [0.1, 0.15) is 29.3 Å². The third-order valence-electron chi connectivity index (χ3n) is 3.73. The van der Waals surface area contributed by atoms with Crippen LogP contribution >= 0.6 is 0 Å². The van der Waals surface area contributed by atoms with Crippen molar-refractivity contribution in [3.63, 3.8) is 0 Å². The number of anilines is 1. The Morgan fingerprint density at radius 1 is 1.00 bits per heavy atom. The molecule has 2 aromatic carbocycles. The Bertz CT molecular complexity index is 1050. The molecule has 146 valence electrons. The SMILES string of the molecule is CCCNC(=O)c1cc(S(=O)(=O)Nc2ccc(S(N)(=O)=O)cc2)ccc1C. The lowest BCUT2D eigenvalue weighted by Crippen LogP contribution is -2.25. The van der Waals surface area contributed by atoms with Crippen LogP contribution in [0.5, 0.6) is 0 Å². The van der Waals surface area contributed by atoms with E-state index in [0.717, 1.165) is 6.42 Å². The van der Waals surface area contributed by atoms with E-state index in [2.05, 4.69) is 10.0 Å². The zero-order chi connectivity index (χ0) is 20.2. The highest BCUT2D eigenvalue weighted by Crippen LogP contribution is 2.20. The van der Waals surface area contributed by atoms with E-state index in [1.54, 1.807) is 13.0 Å². The van der Waals surface area contributed by atoms with Crippen LogP contribution in [-0.2, 0) is 20.0 Å². The van der Waals surface area contributed by atoms with Gasteiger partial charge in [0.1, 0.15) is 0 Å². The van der Waals surface area contributed by atoms with Gasteiger partial charge in [-0.2, -0.15) is 0 Å². The molecule has 1 amide bonds. The standard InChI is InChI=1S/C17H21N3O5S2/c1-3-10-19-17(21)16-11-15(7-4-12(16)2)27(24,25)20-13-5-8-14(9-6-13)26(18,22)23/h4-9,11,20H,3,10H2,1-2H3,(H,19,21)(H2,18,22,23). The van der Waals surface area contributed by atoms with Gasteiger partial charge in [0, 0.05) is 17.8 Å². The molecule has 0 aliphatic carbocycles. The first-order valence-electron chi connectivity index (χ1n) is 8.09. The zero-order valence-corrected chi connectivity index (χ0v) is 16.5. The predicted octanol–water partition coefficient (Wildman–Crippen LogP) is 1.58. The molecular weight excluding hydrogens is 390 g/mol. The quantitative estimate of drug-likeness (QED) is 0.636. The molecule has 4 N–H and O–H groups in total. The number of nitrogens with one attached hydrogen (secondary N) is 2. The van der Waals surface area contributed by atoms with Crippen LogP contribution in [0.4, 0.5) is 5.69 Å². The van der Waals surface area contributed by atoms with E-state index in [0.29, 0.717) is 12.1 Å². The van der Waals surface area contributed by atoms with Crippen molar-refractivity contribution in [3.05, 3.63) is 53.6 Å². The largest absolute Gasteiger partial charge is 0.352 e. The van der Waals surface area contributed by atoms with Gasteiger partial charge in [-0.05, 0) is 55.3 Å². The van der Waals surface area contributed by atoms with Gasteiger partial charge < -0.3 is 5.32 Å². The minimum atomic E-state index is -3.97. The molecule has 2 aromatic rings. The molecule has 0 radical (unpaired) electrons. The number of carbonyl (C=O) groups is 1. The minimum Gasteiger partial charge on any atom is -0.352 e. The highest BCUT2D eigenvalue weighted by atomic mass is 32.2. The van der Waals surface area contributed by atoms with Gasteiger partial charge in [-0.15, -0.1) is 0 Å². The van der Waals surface area contributed by atoms with Gasteiger partial charge >= 0.3 is 0 Å². The lowest BCUT2D eigenvalue weighted by molar-refractivity contribution is 0.0953. The summed E-state index contributed by atoms with van der Waals surface area (Å²) in [4.78, 5) is 12.0. The normalized spacial score (nSPS) is 11.8. The summed E-state index contributed by atoms with van der Waals surface area (Å²) >= 11 is 0. The van der Waals surface area contributed by atoms with Crippen LogP contribution in [-0.4, -0.2) is 29.3 Å². The number of nitrogens with two attached hydrogens (primary N) is 1. The molecule has 10 heteroatoms. The molecule has 2 rings (SSSR count). The Kier molecular flexibility index (Phi) is 6.24. The number of hydrogen-bond donors (Lipinski definition) is 3. The zero-order valence-electron chi connectivity index (χ0n) is 14.9. The summed E-state index contributed by atoms with van der Waals surface area (Å²) in [6.07, 6.45) is 0.763. The smallest absolute Gasteiger partial charge is 0.261 e. The van der Waals surface area contributed by atoms with E-state index in [1.165, 1.54) is 36.4 Å². The lowest BCUT2D eigenvalue weighted by atomic mass is 10.1. The number of hydrogen-bond acceptors (Lipinski definition) is 5. The molecule has 0 bridgehead atoms. The predicted molar refractivity (Wildman–Crippen MR) is 102 cm³/mol. The number of rotatable bonds is 7. The fourth-order valence-electron chi connectivity index (χ4n) is 2.27. The third-order valence-corrected chi connectivity index (χ3v) is 6.04. The lowest BCUT2D eigenvalue weighted by Gasteiger charge is -2.12. The van der Waals surface area contributed by atoms with Crippen molar-refractivity contribution in [2.75, 3.05) is 11.3 Å². The number of sulfonamides is 2. The fraction of sp³-hybridized carbons (Fsp3) is 0.235. The number of carbonyl (C=O) groups excluding carboxylic acids is 1. The van der Waals surface area contributed by atoms with Crippen LogP contribution in [0.3, 0.4) is 0 Å². The van der Waals surface area contributed by atoms with Crippen LogP contribution in [0.2, 0.25) is 0 Å². The molecule has 0 spiro atoms. The highest BCUT2D eigenvalue weighted by Gasteiger charge is 2.18. The summed E-state index contributed by atoms with van der Waals surface area (Å²) in [6, 6.07) is 9.24. The molecule has 0 atom stereocenters. The Balaban J connectivity index is 2.30. The molecule has 0 aromatic heterocycles. The van der Waals surface area contributed by atoms with Gasteiger partial charge in [0.05, 0.1) is 9.79 Å². The average Bonchev–Trinajstić information content (AvgIpc) is 2.59. The average molecular weight is 412 g/mol. The summed E-state index contributed by atoms with van der Waals surface area (Å²) in [7, 11) is -7.83. The van der Waals surface area contributed by atoms with Crippen molar-refractivity contribution < 1.29 is 21.6 Å². The van der Waals surface area contributed by atoms with E-state index in [-0.39, 0.29) is 26.9 Å². The van der Waals surface area contributed by atoms with Crippen LogP contribution < -0.4 is 15.2 Å². The van der Waals surface area contributed by atoms with Crippen molar-refractivity contribution in [1.82, 2.24) is 5.32 Å². The maximum atomic E-state index is 12.6. The Labute approximate surface area is 158 Å². The van der Waals surface area contributed by atoms with Gasteiger partial charge in [0.15, 0.2) is 0 Å². The second-order valence-electron chi connectivity index (χ2n) is 5.91. The van der Waals surface area contributed by atoms with Crippen LogP contribution in [0, 0.1) is 6.92 Å². The fourth-order valence-corrected chi connectivity index (χ4v) is 3.87. The molecule has 0 unspecified atom stereocenters. The summed E-state index contributed by atoms with van der Waals surface area (Å²) in [5.41, 5.74) is 1.09. The molecule has 0 saturated heterocycles. The van der Waals surface area contributed by atoms with Crippen molar-refractivity contribution >= 4 is 31.6 Å². The minimum absolute atomic E-state index is 0.0785. The van der Waals surface area contributed by atoms with Crippen molar-refractivity contribution in [2.24, 2.45) is 5.14 Å². The van der Waals surface area contributed by atoms with E-state index >= 15 is 0 Å². The summed E-state index contributed by atoms with van der Waals surface area (Å²) in [6.45, 7) is 4.12. The second-order valence-corrected chi connectivity index (χ2v) is 9.15. The summed E-state index contributed by atoms with van der Waals surface area (Å²) < 4.78 is 50.1. The monoisotopic (exact) mass is 411 g/mol. The number of primary sulfonamides is 1. The molecule has 0 saturated carbocycles. The Morgan fingerprint density at radius 3 is 2.15 bits per heavy atom. The number of amides is 1. The van der Waals surface area contributed by atoms with Gasteiger partial charge in [-0.25, -0.2) is 22.0 Å². The Hall–Kier alpha value is -2.43. The molecule has 8 nitrogen and oxygen atoms in total. The van der Waals surface area contributed by atoms with E-state index in [1.807, 2.05) is 6.92 Å². The first-order valence-corrected chi connectivity index (χ1v) is 11.1. The van der Waals surface area contributed by atoms with E-state index in [9.17, 15) is 21.6 Å². The second kappa shape index (κ2) is 8.07. The third kappa shape index (κ3) is 5.28. The molecule has 0 aliphatic rings. The van der Waals surface area contributed by atoms with Gasteiger partial charge in [0.2, 0.25) is 10.0 Å². The van der Waals surface area contributed by atoms with Crippen LogP contribution in [0.25, 0.3) is 0 Å². The summed E-state index contributed by atoms with van der Waals surface area (Å²) in [5.74, 6) is -0.344. The van der Waals surface area contributed by atoms with Crippen LogP contribution in [0.15, 0.2) is 52.3 Å². The van der Waals surface area contributed by atoms with E-state index < -0.39 is 20.0 Å². The topological polar surface area (TPSA) is 135 Å². The van der Waals surface area contributed by atoms with Crippen molar-refractivity contribution in [1.29, 1.82) is 0 Å². The molecule has 27 heavy (non-hydrogen) atoms. The van der Waals surface area contributed by atoms with Crippen molar-refractivity contribution in [3.8, 4) is 0 Å². The van der Waals surface area contributed by atoms with E-state index in [4.69, 9.17) is 5.14 Å². The first-order chi connectivity index (χ1) is 12.5. The first kappa shape index (κ1) is 20.9. The maximum absolute atomic E-state index is 12.6. The molecular formula is C17H21N3O5S2. The number of aryl methyl sites for hydroxylation is 1. The Morgan fingerprint density at radius 2 is 1.59 bits per heavy atom. The van der Waals surface area contributed by atoms with Gasteiger partial charge in [0.25, 0.3) is 15.9 Å². The molecule has 0 aliphatic heterocycles. The number of benzene rings is 2. The van der Waals surface area contributed by atoms with Gasteiger partial charge in [-0.1, -0.05) is 13.0 Å². The summed E-state index contributed by atoms with van der Waals surface area (Å²) in [5, 5.41) is 7.73. The van der Waals surface area contributed by atoms with Crippen molar-refractivity contribution in [2.45, 2.75) is 30.1 Å². The molecule has 0 fully saturated rings. The highest BCUT2D eigenvalue weighted by molar-refractivity contribution is 7.92. The molecule has 0 heterocycles. The van der Waals surface area contributed by atoms with Gasteiger partial charge in [-0.3, -0.25) is 9.52 Å². The maximum Gasteiger partial charge on any atom is 0.261 e.